The van der Waals surface area contributed by atoms with Crippen molar-refractivity contribution in [2.24, 2.45) is 11.8 Å². The number of pyridine rings is 1. The number of aromatic nitrogens is 3. The van der Waals surface area contributed by atoms with Gasteiger partial charge in [0.2, 0.25) is 5.91 Å². The summed E-state index contributed by atoms with van der Waals surface area (Å²) in [5, 5.41) is 4.31. The zero-order valence-electron chi connectivity index (χ0n) is 31.0. The van der Waals surface area contributed by atoms with Crippen molar-refractivity contribution in [1.82, 2.24) is 24.8 Å². The van der Waals surface area contributed by atoms with Gasteiger partial charge in [0.1, 0.15) is 11.3 Å². The average molecular weight is 679 g/mol. The van der Waals surface area contributed by atoms with Crippen LogP contribution in [0.2, 0.25) is 0 Å². The van der Waals surface area contributed by atoms with Crippen LogP contribution in [-0.2, 0) is 27.2 Å². The standard InChI is InChI=1S/C40H66N6O3/c1-4-5-21-36-44-38-39(34-19-12-13-20-35(34)43-40(38)41)46(36)25-15-14-23-45(3)24-16-26-48-28-29-49-27-22-37(47)42-31-33-18-11-9-7-6-8-10-17-32(2)30-33/h12-13,19-20,32-33H,4-11,14-18,21-31H2,1-3H3,(H2,41,43)(H,42,47). The number of carbonyl (C=O) groups is 1. The minimum absolute atomic E-state index is 0.108. The van der Waals surface area contributed by atoms with E-state index in [2.05, 4.69) is 52.8 Å². The van der Waals surface area contributed by atoms with Gasteiger partial charge in [0.25, 0.3) is 0 Å². The van der Waals surface area contributed by atoms with Crippen LogP contribution in [0, 0.1) is 11.8 Å². The van der Waals surface area contributed by atoms with Crippen molar-refractivity contribution in [2.75, 3.05) is 58.8 Å². The Morgan fingerprint density at radius 3 is 2.49 bits per heavy atom. The maximum absolute atomic E-state index is 12.4. The van der Waals surface area contributed by atoms with Gasteiger partial charge in [-0.15, -0.1) is 0 Å². The van der Waals surface area contributed by atoms with E-state index in [1.165, 1.54) is 57.8 Å². The summed E-state index contributed by atoms with van der Waals surface area (Å²) in [6.07, 6.45) is 18.8. The number of carbonyl (C=O) groups excluding carboxylic acids is 1. The lowest BCUT2D eigenvalue weighted by molar-refractivity contribution is -0.122. The molecule has 2 heterocycles. The number of rotatable bonds is 20. The molecule has 2 atom stereocenters. The van der Waals surface area contributed by atoms with Gasteiger partial charge in [0, 0.05) is 44.5 Å². The zero-order valence-corrected chi connectivity index (χ0v) is 31.0. The maximum atomic E-state index is 12.4. The highest BCUT2D eigenvalue weighted by Gasteiger charge is 2.18. The number of fused-ring (bicyclic) bond motifs is 3. The van der Waals surface area contributed by atoms with Gasteiger partial charge in [0.05, 0.1) is 30.9 Å². The molecule has 1 fully saturated rings. The number of anilines is 1. The summed E-state index contributed by atoms with van der Waals surface area (Å²) >= 11 is 0. The number of hydrogen-bond acceptors (Lipinski definition) is 7. The fourth-order valence-electron chi connectivity index (χ4n) is 7.33. The van der Waals surface area contributed by atoms with E-state index in [9.17, 15) is 4.79 Å². The van der Waals surface area contributed by atoms with Crippen LogP contribution in [0.25, 0.3) is 21.9 Å². The van der Waals surface area contributed by atoms with E-state index in [1.54, 1.807) is 0 Å². The number of nitrogens with two attached hydrogens (primary N) is 1. The Balaban J connectivity index is 1.04. The number of benzene rings is 1. The molecule has 0 saturated heterocycles. The van der Waals surface area contributed by atoms with Crippen molar-refractivity contribution < 1.29 is 14.3 Å². The van der Waals surface area contributed by atoms with E-state index >= 15 is 0 Å². The van der Waals surface area contributed by atoms with Crippen LogP contribution in [0.5, 0.6) is 0 Å². The number of nitrogens with one attached hydrogen (secondary N) is 1. The molecular weight excluding hydrogens is 612 g/mol. The lowest BCUT2D eigenvalue weighted by atomic mass is 9.89. The van der Waals surface area contributed by atoms with Crippen LogP contribution in [0.15, 0.2) is 24.3 Å². The molecule has 0 aliphatic heterocycles. The highest BCUT2D eigenvalue weighted by molar-refractivity contribution is 6.06. The Labute approximate surface area is 296 Å². The van der Waals surface area contributed by atoms with E-state index in [0.29, 0.717) is 38.0 Å². The third kappa shape index (κ3) is 13.5. The summed E-state index contributed by atoms with van der Waals surface area (Å²) in [4.78, 5) is 24.4. The molecule has 0 spiro atoms. The number of para-hydroxylation sites is 1. The third-order valence-corrected chi connectivity index (χ3v) is 10.2. The summed E-state index contributed by atoms with van der Waals surface area (Å²) in [5.74, 6) is 3.11. The lowest BCUT2D eigenvalue weighted by Crippen LogP contribution is -2.31. The maximum Gasteiger partial charge on any atom is 0.222 e. The van der Waals surface area contributed by atoms with Crippen molar-refractivity contribution in [2.45, 2.75) is 123 Å². The summed E-state index contributed by atoms with van der Waals surface area (Å²) < 4.78 is 13.9. The van der Waals surface area contributed by atoms with Crippen molar-refractivity contribution in [3.05, 3.63) is 30.1 Å². The minimum atomic E-state index is 0.108. The van der Waals surface area contributed by atoms with Gasteiger partial charge >= 0.3 is 0 Å². The Hall–Kier alpha value is -2.75. The first-order valence-corrected chi connectivity index (χ1v) is 19.6. The molecule has 1 aliphatic carbocycles. The summed E-state index contributed by atoms with van der Waals surface area (Å²) in [6.45, 7) is 10.7. The van der Waals surface area contributed by atoms with E-state index in [1.807, 2.05) is 12.1 Å². The van der Waals surface area contributed by atoms with Gasteiger partial charge in [-0.05, 0) is 70.0 Å². The number of imidazole rings is 1. The Morgan fingerprint density at radius 2 is 1.67 bits per heavy atom. The summed E-state index contributed by atoms with van der Waals surface area (Å²) in [5.41, 5.74) is 9.26. The van der Waals surface area contributed by atoms with E-state index in [0.717, 1.165) is 105 Å². The molecule has 274 valence electrons. The molecule has 0 bridgehead atoms. The molecular formula is C40H66N6O3. The number of unbranched alkanes of at least 4 members (excludes halogenated alkanes) is 2. The third-order valence-electron chi connectivity index (χ3n) is 10.2. The molecule has 1 aliphatic rings. The van der Waals surface area contributed by atoms with Gasteiger partial charge in [-0.25, -0.2) is 9.97 Å². The second-order valence-electron chi connectivity index (χ2n) is 14.5. The summed E-state index contributed by atoms with van der Waals surface area (Å²) in [6, 6.07) is 8.25. The second kappa shape index (κ2) is 22.1. The average Bonchev–Trinajstić information content (AvgIpc) is 3.45. The number of aryl methyl sites for hydroxylation is 2. The van der Waals surface area contributed by atoms with Gasteiger partial charge < -0.3 is 30.0 Å². The van der Waals surface area contributed by atoms with Crippen LogP contribution in [0.3, 0.4) is 0 Å². The molecule has 4 rings (SSSR count). The number of nitrogen functional groups attached to an aromatic ring is 1. The number of hydrogen-bond donors (Lipinski definition) is 2. The molecule has 1 saturated carbocycles. The molecule has 2 aromatic heterocycles. The minimum Gasteiger partial charge on any atom is -0.382 e. The number of ether oxygens (including phenoxy) is 2. The van der Waals surface area contributed by atoms with Gasteiger partial charge in [0.15, 0.2) is 5.82 Å². The summed E-state index contributed by atoms with van der Waals surface area (Å²) in [7, 11) is 2.19. The van der Waals surface area contributed by atoms with Gasteiger partial charge in [-0.3, -0.25) is 4.79 Å². The molecule has 1 amide bonds. The largest absolute Gasteiger partial charge is 0.382 e. The zero-order chi connectivity index (χ0) is 34.7. The first kappa shape index (κ1) is 39.0. The Bertz CT molecular complexity index is 1380. The topological polar surface area (TPSA) is 108 Å². The van der Waals surface area contributed by atoms with E-state index < -0.39 is 0 Å². The Morgan fingerprint density at radius 1 is 0.939 bits per heavy atom. The SMILES string of the molecule is CCCCc1nc2c(N)nc3ccccc3c2n1CCCCN(C)CCCOCCOCCC(=O)NCC1CCCCCCCCC(C)C1. The van der Waals surface area contributed by atoms with Crippen molar-refractivity contribution in [1.29, 1.82) is 0 Å². The predicted octanol–water partition coefficient (Wildman–Crippen LogP) is 7.93. The lowest BCUT2D eigenvalue weighted by Gasteiger charge is -2.21. The molecule has 0 radical (unpaired) electrons. The molecule has 9 heteroatoms. The van der Waals surface area contributed by atoms with Crippen molar-refractivity contribution in [3.8, 4) is 0 Å². The first-order chi connectivity index (χ1) is 24.0. The first-order valence-electron chi connectivity index (χ1n) is 19.6. The smallest absolute Gasteiger partial charge is 0.222 e. The fraction of sp³-hybridized carbons (Fsp3) is 0.725. The Kier molecular flexibility index (Phi) is 17.6. The van der Waals surface area contributed by atoms with Crippen LogP contribution >= 0.6 is 0 Å². The number of amides is 1. The second-order valence-corrected chi connectivity index (χ2v) is 14.5. The molecule has 2 unspecified atom stereocenters. The van der Waals surface area contributed by atoms with Crippen molar-refractivity contribution in [3.63, 3.8) is 0 Å². The quantitative estimate of drug-likeness (QED) is 0.117. The number of nitrogens with zero attached hydrogens (tertiary/aromatic N) is 4. The molecule has 3 N–H and O–H groups in total. The van der Waals surface area contributed by atoms with Gasteiger partial charge in [-0.1, -0.05) is 83.4 Å². The molecule has 3 aromatic rings. The van der Waals surface area contributed by atoms with Crippen LogP contribution < -0.4 is 11.1 Å². The van der Waals surface area contributed by atoms with Crippen molar-refractivity contribution >= 4 is 33.7 Å². The highest BCUT2D eigenvalue weighted by atomic mass is 16.5. The van der Waals surface area contributed by atoms with E-state index in [4.69, 9.17) is 20.2 Å². The van der Waals surface area contributed by atoms with Crippen LogP contribution in [0.1, 0.15) is 116 Å². The molecule has 1 aromatic carbocycles. The van der Waals surface area contributed by atoms with Crippen LogP contribution in [-0.4, -0.2) is 78.5 Å². The fourth-order valence-corrected chi connectivity index (χ4v) is 7.33. The normalized spacial score (nSPS) is 17.9. The van der Waals surface area contributed by atoms with Gasteiger partial charge in [-0.2, -0.15) is 0 Å². The monoisotopic (exact) mass is 679 g/mol. The van der Waals surface area contributed by atoms with E-state index in [-0.39, 0.29) is 5.91 Å². The highest BCUT2D eigenvalue weighted by Crippen LogP contribution is 2.30. The van der Waals surface area contributed by atoms with Crippen LogP contribution in [0.4, 0.5) is 5.82 Å². The molecule has 49 heavy (non-hydrogen) atoms. The molecule has 9 nitrogen and oxygen atoms in total. The predicted molar refractivity (Wildman–Crippen MR) is 203 cm³/mol.